The van der Waals surface area contributed by atoms with Gasteiger partial charge in [-0.3, -0.25) is 14.6 Å². The lowest BCUT2D eigenvalue weighted by atomic mass is 10.2. The van der Waals surface area contributed by atoms with Crippen molar-refractivity contribution in [1.29, 1.82) is 0 Å². The summed E-state index contributed by atoms with van der Waals surface area (Å²) < 4.78 is 58.0. The Kier molecular flexibility index (Phi) is 11.0. The summed E-state index contributed by atoms with van der Waals surface area (Å²) >= 11 is 0. The van der Waals surface area contributed by atoms with Gasteiger partial charge in [0.1, 0.15) is 29.6 Å². The van der Waals surface area contributed by atoms with Crippen LogP contribution in [-0.4, -0.2) is 80.3 Å². The third kappa shape index (κ3) is 9.02. The van der Waals surface area contributed by atoms with Crippen molar-refractivity contribution in [3.8, 4) is 11.5 Å². The number of aromatic nitrogens is 1. The molecule has 1 aromatic heterocycles. The zero-order chi connectivity index (χ0) is 29.1. The van der Waals surface area contributed by atoms with Gasteiger partial charge < -0.3 is 39.4 Å². The first-order valence-electron chi connectivity index (χ1n) is 12.4. The molecule has 1 atom stereocenters. The van der Waals surface area contributed by atoms with E-state index in [9.17, 15) is 22.8 Å². The summed E-state index contributed by atoms with van der Waals surface area (Å²) in [5.41, 5.74) is 1.79. The maximum absolute atomic E-state index is 13.3. The molecule has 1 aliphatic heterocycles. The molecule has 1 unspecified atom stereocenters. The van der Waals surface area contributed by atoms with Crippen LogP contribution in [0.1, 0.15) is 17.7 Å². The predicted molar refractivity (Wildman–Crippen MR) is 136 cm³/mol. The van der Waals surface area contributed by atoms with E-state index >= 15 is 0 Å². The fourth-order valence-electron chi connectivity index (χ4n) is 3.72. The van der Waals surface area contributed by atoms with Gasteiger partial charge in [-0.15, -0.1) is 13.2 Å². The molecule has 0 saturated heterocycles. The van der Waals surface area contributed by atoms with Crippen molar-refractivity contribution in [2.24, 2.45) is 0 Å². The Morgan fingerprint density at radius 2 is 1.98 bits per heavy atom. The smallest absolute Gasteiger partial charge is 0.491 e. The number of pyridine rings is 1. The van der Waals surface area contributed by atoms with Gasteiger partial charge >= 0.3 is 6.36 Å². The quantitative estimate of drug-likeness (QED) is 0.248. The molecule has 0 radical (unpaired) electrons. The minimum atomic E-state index is -4.82. The number of rotatable bonds is 15. The number of hydrogen-bond donors (Lipinski definition) is 2. The molecular weight excluding hydrogens is 535 g/mol. The van der Waals surface area contributed by atoms with Crippen LogP contribution in [0.5, 0.6) is 11.5 Å². The maximum atomic E-state index is 13.3. The summed E-state index contributed by atoms with van der Waals surface area (Å²) in [5, 5.41) is 5.88. The minimum Gasteiger partial charge on any atom is -0.491 e. The van der Waals surface area contributed by atoms with Crippen LogP contribution in [0.3, 0.4) is 0 Å². The highest BCUT2D eigenvalue weighted by Gasteiger charge is 2.38. The molecule has 218 valence electrons. The first-order chi connectivity index (χ1) is 19.1. The SMILES string of the molecule is COCCCNC(=O)C1=C(N(C)C=O)NC(OCCOc2cccc(OC(F)(F)F)c2)N1Cc1ccc(C)cn1. The predicted octanol–water partition coefficient (Wildman–Crippen LogP) is 2.48. The summed E-state index contributed by atoms with van der Waals surface area (Å²) in [4.78, 5) is 32.2. The van der Waals surface area contributed by atoms with Crippen molar-refractivity contribution < 1.29 is 41.7 Å². The number of hydrogen-bond acceptors (Lipinski definition) is 9. The van der Waals surface area contributed by atoms with E-state index < -0.39 is 24.4 Å². The van der Waals surface area contributed by atoms with Crippen LogP contribution in [0, 0.1) is 6.92 Å². The van der Waals surface area contributed by atoms with Crippen LogP contribution >= 0.6 is 0 Å². The molecule has 0 bridgehead atoms. The van der Waals surface area contributed by atoms with Gasteiger partial charge in [0.2, 0.25) is 12.8 Å². The normalized spacial score (nSPS) is 15.1. The second-order valence-corrected chi connectivity index (χ2v) is 8.71. The monoisotopic (exact) mass is 567 g/mol. The first kappa shape index (κ1) is 30.5. The molecule has 2 heterocycles. The Bertz CT molecular complexity index is 1160. The Hall–Kier alpha value is -4.04. The molecule has 0 saturated carbocycles. The Morgan fingerprint density at radius 3 is 2.65 bits per heavy atom. The number of carbonyl (C=O) groups is 2. The van der Waals surface area contributed by atoms with Gasteiger partial charge in [-0.05, 0) is 37.1 Å². The molecule has 0 aliphatic carbocycles. The van der Waals surface area contributed by atoms with Crippen LogP contribution in [0.4, 0.5) is 13.2 Å². The number of amides is 2. The highest BCUT2D eigenvalue weighted by molar-refractivity contribution is 5.94. The number of nitrogens with one attached hydrogen (secondary N) is 2. The van der Waals surface area contributed by atoms with Crippen molar-refractivity contribution in [2.45, 2.75) is 32.6 Å². The average Bonchev–Trinajstić information content (AvgIpc) is 3.27. The van der Waals surface area contributed by atoms with E-state index in [4.69, 9.17) is 14.2 Å². The molecule has 2 aromatic rings. The van der Waals surface area contributed by atoms with Crippen LogP contribution < -0.4 is 20.1 Å². The molecule has 2 amide bonds. The van der Waals surface area contributed by atoms with Gasteiger partial charge in [-0.1, -0.05) is 12.1 Å². The molecule has 14 heteroatoms. The zero-order valence-electron chi connectivity index (χ0n) is 22.4. The van der Waals surface area contributed by atoms with Gasteiger partial charge in [-0.2, -0.15) is 0 Å². The van der Waals surface area contributed by atoms with Gasteiger partial charge in [0.05, 0.1) is 18.8 Å². The average molecular weight is 568 g/mol. The van der Waals surface area contributed by atoms with E-state index in [0.29, 0.717) is 31.7 Å². The molecule has 1 aliphatic rings. The van der Waals surface area contributed by atoms with E-state index in [0.717, 1.165) is 17.7 Å². The second-order valence-electron chi connectivity index (χ2n) is 8.71. The van der Waals surface area contributed by atoms with E-state index in [1.807, 2.05) is 19.1 Å². The van der Waals surface area contributed by atoms with Crippen molar-refractivity contribution in [1.82, 2.24) is 25.4 Å². The standard InChI is InChI=1S/C26H32F3N5O6/c1-18-8-9-19(31-15-18)16-34-22(24(36)30-10-5-11-37-3)23(33(2)17-35)32-25(34)39-13-12-38-20-6-4-7-21(14-20)40-26(27,28)29/h4,6-9,14-15,17,25,32H,5,10-13,16H2,1-3H3,(H,30,36). The number of carbonyl (C=O) groups excluding carboxylic acids is 2. The molecule has 40 heavy (non-hydrogen) atoms. The highest BCUT2D eigenvalue weighted by Crippen LogP contribution is 2.27. The van der Waals surface area contributed by atoms with Crippen LogP contribution in [0.2, 0.25) is 0 Å². The van der Waals surface area contributed by atoms with Gasteiger partial charge in [0, 0.05) is 39.6 Å². The Balaban J connectivity index is 1.73. The lowest BCUT2D eigenvalue weighted by Crippen LogP contribution is -2.43. The van der Waals surface area contributed by atoms with Crippen molar-refractivity contribution in [2.75, 3.05) is 40.5 Å². The fraction of sp³-hybridized carbons (Fsp3) is 0.423. The highest BCUT2D eigenvalue weighted by atomic mass is 19.4. The third-order valence-electron chi connectivity index (χ3n) is 5.56. The lowest BCUT2D eigenvalue weighted by Gasteiger charge is -2.28. The van der Waals surface area contributed by atoms with Crippen LogP contribution in [0.15, 0.2) is 54.1 Å². The van der Waals surface area contributed by atoms with E-state index in [1.165, 1.54) is 24.1 Å². The first-order valence-corrected chi connectivity index (χ1v) is 12.4. The lowest BCUT2D eigenvalue weighted by molar-refractivity contribution is -0.274. The van der Waals surface area contributed by atoms with Gasteiger partial charge in [-0.25, -0.2) is 0 Å². The molecule has 1 aromatic carbocycles. The number of alkyl halides is 3. The molecule has 3 rings (SSSR count). The number of methoxy groups -OCH3 is 1. The van der Waals surface area contributed by atoms with Crippen molar-refractivity contribution >= 4 is 12.3 Å². The number of aryl methyl sites for hydroxylation is 1. The summed E-state index contributed by atoms with van der Waals surface area (Å²) in [7, 11) is 3.06. The molecule has 0 spiro atoms. The van der Waals surface area contributed by atoms with E-state index in [-0.39, 0.29) is 37.0 Å². The number of ether oxygens (including phenoxy) is 4. The largest absolute Gasteiger partial charge is 0.573 e. The summed E-state index contributed by atoms with van der Waals surface area (Å²) in [6.07, 6.45) is -2.85. The van der Waals surface area contributed by atoms with E-state index in [1.54, 1.807) is 18.2 Å². The fourth-order valence-corrected chi connectivity index (χ4v) is 3.72. The maximum Gasteiger partial charge on any atom is 0.573 e. The van der Waals surface area contributed by atoms with Crippen molar-refractivity contribution in [3.05, 3.63) is 65.4 Å². The topological polar surface area (TPSA) is 114 Å². The third-order valence-corrected chi connectivity index (χ3v) is 5.56. The molecule has 0 fully saturated rings. The van der Waals surface area contributed by atoms with E-state index in [2.05, 4.69) is 20.4 Å². The second kappa shape index (κ2) is 14.4. The molecule has 2 N–H and O–H groups in total. The van der Waals surface area contributed by atoms with Crippen molar-refractivity contribution in [3.63, 3.8) is 0 Å². The summed E-state index contributed by atoms with van der Waals surface area (Å²) in [6, 6.07) is 8.84. The van der Waals surface area contributed by atoms with Crippen LogP contribution in [-0.2, 0) is 25.6 Å². The number of halogens is 3. The van der Waals surface area contributed by atoms with Gasteiger partial charge in [0.25, 0.3) is 5.91 Å². The Labute approximate surface area is 229 Å². The summed E-state index contributed by atoms with van der Waals surface area (Å²) in [5.74, 6) is -0.453. The zero-order valence-corrected chi connectivity index (χ0v) is 22.4. The number of nitrogens with zero attached hydrogens (tertiary/aromatic N) is 3. The molecular formula is C26H32F3N5O6. The Morgan fingerprint density at radius 1 is 1.20 bits per heavy atom. The van der Waals surface area contributed by atoms with Gasteiger partial charge in [0.15, 0.2) is 0 Å². The minimum absolute atomic E-state index is 0.0132. The summed E-state index contributed by atoms with van der Waals surface area (Å²) in [6.45, 7) is 2.85. The number of benzene rings is 1. The van der Waals surface area contributed by atoms with Crippen LogP contribution in [0.25, 0.3) is 0 Å². The molecule has 11 nitrogen and oxygen atoms in total.